The number of nitrogens with zero attached hydrogens (tertiary/aromatic N) is 3. The number of piperidine rings is 1. The molecule has 1 amide bonds. The molecule has 2 aromatic rings. The van der Waals surface area contributed by atoms with E-state index >= 15 is 0 Å². The van der Waals surface area contributed by atoms with Crippen LogP contribution in [-0.2, 0) is 0 Å². The van der Waals surface area contributed by atoms with Gasteiger partial charge in [-0.05, 0) is 56.5 Å². The monoisotopic (exact) mass is 313 g/mol. The second-order valence-electron chi connectivity index (χ2n) is 5.95. The number of hydrogen-bond donors (Lipinski definition) is 0. The molecule has 1 saturated heterocycles. The number of carbonyl (C=O) groups is 1. The van der Waals surface area contributed by atoms with Crippen LogP contribution < -0.4 is 4.74 Å². The van der Waals surface area contributed by atoms with Crippen LogP contribution in [-0.4, -0.2) is 40.3 Å². The summed E-state index contributed by atoms with van der Waals surface area (Å²) < 4.78 is 7.51. The Hall–Kier alpha value is -2.30. The second-order valence-corrected chi connectivity index (χ2v) is 5.95. The molecule has 1 aromatic carbocycles. The lowest BCUT2D eigenvalue weighted by Gasteiger charge is -2.33. The first-order valence-corrected chi connectivity index (χ1v) is 8.21. The van der Waals surface area contributed by atoms with Crippen molar-refractivity contribution in [2.24, 2.45) is 0 Å². The average molecular weight is 313 g/mol. The van der Waals surface area contributed by atoms with Gasteiger partial charge in [-0.1, -0.05) is 0 Å². The topological polar surface area (TPSA) is 47.4 Å². The molecule has 2 heterocycles. The van der Waals surface area contributed by atoms with Crippen LogP contribution in [0.3, 0.4) is 0 Å². The van der Waals surface area contributed by atoms with Gasteiger partial charge in [-0.15, -0.1) is 0 Å². The minimum absolute atomic E-state index is 0.0907. The van der Waals surface area contributed by atoms with E-state index in [-0.39, 0.29) is 11.9 Å². The molecule has 122 valence electrons. The van der Waals surface area contributed by atoms with Gasteiger partial charge in [0.15, 0.2) is 0 Å². The van der Waals surface area contributed by atoms with Crippen molar-refractivity contribution < 1.29 is 9.53 Å². The number of benzene rings is 1. The van der Waals surface area contributed by atoms with Crippen molar-refractivity contribution in [1.82, 2.24) is 14.7 Å². The summed E-state index contributed by atoms with van der Waals surface area (Å²) >= 11 is 0. The first kappa shape index (κ1) is 15.6. The fraction of sp³-hybridized carbons (Fsp3) is 0.444. The van der Waals surface area contributed by atoms with Crippen LogP contribution in [0, 0.1) is 6.92 Å². The summed E-state index contributed by atoms with van der Waals surface area (Å²) in [6, 6.07) is 7.87. The van der Waals surface area contributed by atoms with E-state index in [1.165, 1.54) is 0 Å². The van der Waals surface area contributed by atoms with Crippen LogP contribution in [0.1, 0.15) is 41.7 Å². The third kappa shape index (κ3) is 3.38. The Labute approximate surface area is 136 Å². The number of likely N-dealkylation sites (tertiary alicyclic amines) is 1. The van der Waals surface area contributed by atoms with Gasteiger partial charge < -0.3 is 9.64 Å². The van der Waals surface area contributed by atoms with E-state index in [1.807, 2.05) is 53.9 Å². The van der Waals surface area contributed by atoms with Crippen LogP contribution in [0.5, 0.6) is 5.75 Å². The van der Waals surface area contributed by atoms with Crippen molar-refractivity contribution in [2.45, 2.75) is 32.7 Å². The number of aryl methyl sites for hydroxylation is 1. The lowest BCUT2D eigenvalue weighted by Crippen LogP contribution is -2.40. The SMILES string of the molecule is CCOc1ccc(C(=O)N2CCCC(n3cccn3)C2)cc1C. The predicted molar refractivity (Wildman–Crippen MR) is 88.7 cm³/mol. The maximum Gasteiger partial charge on any atom is 0.253 e. The van der Waals surface area contributed by atoms with Crippen molar-refractivity contribution in [3.63, 3.8) is 0 Å². The van der Waals surface area contributed by atoms with Crippen molar-refractivity contribution in [2.75, 3.05) is 19.7 Å². The summed E-state index contributed by atoms with van der Waals surface area (Å²) in [7, 11) is 0. The summed E-state index contributed by atoms with van der Waals surface area (Å²) in [6.45, 7) is 6.09. The zero-order valence-corrected chi connectivity index (χ0v) is 13.7. The third-order valence-electron chi connectivity index (χ3n) is 4.30. The van der Waals surface area contributed by atoms with Gasteiger partial charge in [-0.25, -0.2) is 0 Å². The third-order valence-corrected chi connectivity index (χ3v) is 4.30. The number of aromatic nitrogens is 2. The maximum absolute atomic E-state index is 12.8. The quantitative estimate of drug-likeness (QED) is 0.871. The Kier molecular flexibility index (Phi) is 4.65. The molecule has 1 atom stereocenters. The molecule has 0 N–H and O–H groups in total. The van der Waals surface area contributed by atoms with Gasteiger partial charge in [0.25, 0.3) is 5.91 Å². The highest BCUT2D eigenvalue weighted by atomic mass is 16.5. The van der Waals surface area contributed by atoms with E-state index in [4.69, 9.17) is 4.74 Å². The van der Waals surface area contributed by atoms with Crippen molar-refractivity contribution >= 4 is 5.91 Å². The minimum atomic E-state index is 0.0907. The fourth-order valence-corrected chi connectivity index (χ4v) is 3.13. The molecule has 0 bridgehead atoms. The lowest BCUT2D eigenvalue weighted by molar-refractivity contribution is 0.0673. The first-order valence-electron chi connectivity index (χ1n) is 8.21. The Balaban J connectivity index is 1.73. The number of carbonyl (C=O) groups excluding carboxylic acids is 1. The second kappa shape index (κ2) is 6.86. The summed E-state index contributed by atoms with van der Waals surface area (Å²) in [5, 5.41) is 4.31. The molecule has 0 saturated carbocycles. The van der Waals surface area contributed by atoms with Crippen LogP contribution in [0.4, 0.5) is 0 Å². The number of amides is 1. The summed E-state index contributed by atoms with van der Waals surface area (Å²) in [5.74, 6) is 0.935. The molecule has 0 aliphatic carbocycles. The van der Waals surface area contributed by atoms with Gasteiger partial charge in [0.1, 0.15) is 5.75 Å². The highest BCUT2D eigenvalue weighted by molar-refractivity contribution is 5.94. The van der Waals surface area contributed by atoms with Crippen LogP contribution in [0.25, 0.3) is 0 Å². The van der Waals surface area contributed by atoms with Crippen molar-refractivity contribution in [3.05, 3.63) is 47.8 Å². The molecule has 1 aliphatic rings. The highest BCUT2D eigenvalue weighted by Crippen LogP contribution is 2.24. The molecule has 1 aromatic heterocycles. The Morgan fingerprint density at radius 3 is 3.00 bits per heavy atom. The van der Waals surface area contributed by atoms with Gasteiger partial charge >= 0.3 is 0 Å². The van der Waals surface area contributed by atoms with Crippen molar-refractivity contribution in [1.29, 1.82) is 0 Å². The molecular weight excluding hydrogens is 290 g/mol. The van der Waals surface area contributed by atoms with E-state index in [1.54, 1.807) is 6.20 Å². The lowest BCUT2D eigenvalue weighted by atomic mass is 10.0. The molecule has 1 fully saturated rings. The largest absolute Gasteiger partial charge is 0.494 e. The van der Waals surface area contributed by atoms with Crippen LogP contribution in [0.15, 0.2) is 36.7 Å². The molecular formula is C18H23N3O2. The molecule has 0 spiro atoms. The first-order chi connectivity index (χ1) is 11.2. The van der Waals surface area contributed by atoms with E-state index < -0.39 is 0 Å². The van der Waals surface area contributed by atoms with Gasteiger partial charge in [0, 0.05) is 31.0 Å². The molecule has 23 heavy (non-hydrogen) atoms. The van der Waals surface area contributed by atoms with Gasteiger partial charge in [-0.2, -0.15) is 5.10 Å². The van der Waals surface area contributed by atoms with Crippen molar-refractivity contribution in [3.8, 4) is 5.75 Å². The van der Waals surface area contributed by atoms with E-state index in [0.29, 0.717) is 13.2 Å². The normalized spacial score (nSPS) is 18.0. The molecule has 0 radical (unpaired) electrons. The Morgan fingerprint density at radius 2 is 2.30 bits per heavy atom. The smallest absolute Gasteiger partial charge is 0.253 e. The van der Waals surface area contributed by atoms with Crippen LogP contribution in [0.2, 0.25) is 0 Å². The average Bonchev–Trinajstić information content (AvgIpc) is 3.11. The highest BCUT2D eigenvalue weighted by Gasteiger charge is 2.25. The molecule has 1 unspecified atom stereocenters. The Bertz CT molecular complexity index is 667. The minimum Gasteiger partial charge on any atom is -0.494 e. The van der Waals surface area contributed by atoms with Gasteiger partial charge in [-0.3, -0.25) is 9.48 Å². The zero-order valence-electron chi connectivity index (χ0n) is 13.7. The summed E-state index contributed by atoms with van der Waals surface area (Å²) in [4.78, 5) is 14.7. The number of ether oxygens (including phenoxy) is 1. The summed E-state index contributed by atoms with van der Waals surface area (Å²) in [5.41, 5.74) is 1.73. The molecule has 5 heteroatoms. The Morgan fingerprint density at radius 1 is 1.43 bits per heavy atom. The summed E-state index contributed by atoms with van der Waals surface area (Å²) in [6.07, 6.45) is 5.83. The number of rotatable bonds is 4. The zero-order chi connectivity index (χ0) is 16.2. The van der Waals surface area contributed by atoms with Gasteiger partial charge in [0.2, 0.25) is 0 Å². The molecule has 5 nitrogen and oxygen atoms in total. The predicted octanol–water partition coefficient (Wildman–Crippen LogP) is 3.07. The van der Waals surface area contributed by atoms with E-state index in [2.05, 4.69) is 5.10 Å². The van der Waals surface area contributed by atoms with Gasteiger partial charge in [0.05, 0.1) is 12.6 Å². The van der Waals surface area contributed by atoms with Crippen LogP contribution >= 0.6 is 0 Å². The molecule has 3 rings (SSSR count). The maximum atomic E-state index is 12.8. The molecule has 1 aliphatic heterocycles. The van der Waals surface area contributed by atoms with E-state index in [0.717, 1.165) is 36.3 Å². The van der Waals surface area contributed by atoms with E-state index in [9.17, 15) is 4.79 Å². The standard InChI is InChI=1S/C18H23N3O2/c1-3-23-17-8-7-15(12-14(17)2)18(22)20-10-4-6-16(13-20)21-11-5-9-19-21/h5,7-9,11-12,16H,3-4,6,10,13H2,1-2H3. The number of hydrogen-bond acceptors (Lipinski definition) is 3. The fourth-order valence-electron chi connectivity index (χ4n) is 3.13.